The van der Waals surface area contributed by atoms with Crippen molar-refractivity contribution in [3.05, 3.63) is 52.9 Å². The van der Waals surface area contributed by atoms with E-state index in [0.29, 0.717) is 18.5 Å². The van der Waals surface area contributed by atoms with Crippen LogP contribution in [-0.4, -0.2) is 65.1 Å². The van der Waals surface area contributed by atoms with Crippen molar-refractivity contribution in [2.24, 2.45) is 5.41 Å². The van der Waals surface area contributed by atoms with Gasteiger partial charge in [-0.1, -0.05) is 23.7 Å². The second-order valence-corrected chi connectivity index (χ2v) is 14.1. The zero-order chi connectivity index (χ0) is 29.8. The van der Waals surface area contributed by atoms with E-state index >= 15 is 8.78 Å². The molecule has 6 rings (SSSR count). The zero-order valence-electron chi connectivity index (χ0n) is 21.8. The maximum absolute atomic E-state index is 15.0. The van der Waals surface area contributed by atoms with Crippen LogP contribution in [0.1, 0.15) is 43.9 Å². The highest BCUT2D eigenvalue weighted by Crippen LogP contribution is 2.71. The highest BCUT2D eigenvalue weighted by molar-refractivity contribution is 7.92. The molecule has 1 amide bonds. The van der Waals surface area contributed by atoms with E-state index in [1.165, 1.54) is 41.4 Å². The standard InChI is InChI=1S/C26H25ClF5N5O3S/c1-23(26(30,31)32)13-36(17-12-34-19-11-18(27)35-37(19)21(17)23)15-5-3-14(4-6-15)20-24(2,25(20,28)29)22(38)33-9-10-41(39,40)16-7-8-16/h3-6,11-12,16,20H,7-10,13H2,1-2H3,(H,33,38)/t20-,23-,24+/m1/s1. The van der Waals surface area contributed by atoms with E-state index in [2.05, 4.69) is 15.4 Å². The summed E-state index contributed by atoms with van der Waals surface area (Å²) < 4.78 is 98.4. The molecule has 15 heteroatoms. The number of fused-ring (bicyclic) bond motifs is 3. The van der Waals surface area contributed by atoms with Crippen LogP contribution in [0.4, 0.5) is 33.3 Å². The molecule has 2 aromatic heterocycles. The smallest absolute Gasteiger partial charge is 0.354 e. The molecule has 0 saturated heterocycles. The van der Waals surface area contributed by atoms with Gasteiger partial charge in [0.25, 0.3) is 5.92 Å². The molecule has 1 aliphatic heterocycles. The van der Waals surface area contributed by atoms with Crippen LogP contribution in [0.3, 0.4) is 0 Å². The van der Waals surface area contributed by atoms with Gasteiger partial charge in [-0.3, -0.25) is 4.79 Å². The van der Waals surface area contributed by atoms with Crippen molar-refractivity contribution in [2.45, 2.75) is 55.4 Å². The number of hydrogen-bond donors (Lipinski definition) is 1. The van der Waals surface area contributed by atoms with Crippen molar-refractivity contribution >= 4 is 44.4 Å². The lowest BCUT2D eigenvalue weighted by molar-refractivity contribution is -0.181. The van der Waals surface area contributed by atoms with E-state index in [9.17, 15) is 26.4 Å². The molecule has 1 N–H and O–H groups in total. The van der Waals surface area contributed by atoms with Gasteiger partial charge < -0.3 is 10.2 Å². The SMILES string of the molecule is C[C@@]1(C(F)(F)F)CN(c2ccc([C@H]3C(F)(F)[C@]3(C)C(=O)NCCS(=O)(=O)C3CC3)cc2)c2cnc3cc(Cl)nn3c21. The largest absolute Gasteiger partial charge is 0.401 e. The Morgan fingerprint density at radius 2 is 1.83 bits per heavy atom. The number of carbonyl (C=O) groups excluding carboxylic acids is 1. The Balaban J connectivity index is 1.25. The molecule has 3 heterocycles. The Labute approximate surface area is 236 Å². The number of anilines is 2. The number of halogens is 6. The first-order valence-corrected chi connectivity index (χ1v) is 15.0. The number of sulfone groups is 1. The molecule has 41 heavy (non-hydrogen) atoms. The first-order chi connectivity index (χ1) is 19.0. The summed E-state index contributed by atoms with van der Waals surface area (Å²) in [6, 6.07) is 6.94. The third-order valence-electron chi connectivity index (χ3n) is 8.61. The van der Waals surface area contributed by atoms with Crippen molar-refractivity contribution in [1.29, 1.82) is 0 Å². The lowest BCUT2D eigenvalue weighted by atomic mass is 9.87. The minimum atomic E-state index is -4.66. The molecular weight excluding hydrogens is 593 g/mol. The molecule has 3 atom stereocenters. The van der Waals surface area contributed by atoms with Crippen LogP contribution in [-0.2, 0) is 20.0 Å². The van der Waals surface area contributed by atoms with Gasteiger partial charge in [0.1, 0.15) is 10.8 Å². The number of carbonyl (C=O) groups is 1. The predicted molar refractivity (Wildman–Crippen MR) is 140 cm³/mol. The average Bonchev–Trinajstić information content (AvgIpc) is 3.72. The first kappa shape index (κ1) is 28.1. The number of benzene rings is 1. The fraction of sp³-hybridized carbons (Fsp3) is 0.500. The molecule has 1 aromatic carbocycles. The van der Waals surface area contributed by atoms with Gasteiger partial charge in [-0.05, 0) is 44.4 Å². The van der Waals surface area contributed by atoms with E-state index in [1.807, 2.05) is 0 Å². The lowest BCUT2D eigenvalue weighted by Crippen LogP contribution is -2.43. The quantitative estimate of drug-likeness (QED) is 0.383. The van der Waals surface area contributed by atoms with E-state index < -0.39 is 56.4 Å². The zero-order valence-corrected chi connectivity index (χ0v) is 23.4. The number of aromatic nitrogens is 3. The average molecular weight is 618 g/mol. The molecule has 3 aliphatic rings. The molecule has 2 fully saturated rings. The number of nitrogens with one attached hydrogen (secondary N) is 1. The maximum atomic E-state index is 15.0. The van der Waals surface area contributed by atoms with Gasteiger partial charge in [-0.15, -0.1) is 0 Å². The Hall–Kier alpha value is -3.00. The molecule has 0 spiro atoms. The first-order valence-electron chi connectivity index (χ1n) is 12.9. The van der Waals surface area contributed by atoms with Crippen LogP contribution in [0.2, 0.25) is 5.15 Å². The molecule has 2 aliphatic carbocycles. The summed E-state index contributed by atoms with van der Waals surface area (Å²) in [6.07, 6.45) is -2.22. The van der Waals surface area contributed by atoms with Gasteiger partial charge in [-0.2, -0.15) is 18.3 Å². The van der Waals surface area contributed by atoms with Gasteiger partial charge in [0.2, 0.25) is 5.91 Å². The molecular formula is C26H25ClF5N5O3S. The normalized spacial score (nSPS) is 27.2. The molecule has 0 radical (unpaired) electrons. The Bertz CT molecular complexity index is 1670. The van der Waals surface area contributed by atoms with E-state index in [-0.39, 0.29) is 40.0 Å². The number of rotatable bonds is 7. The molecule has 3 aromatic rings. The summed E-state index contributed by atoms with van der Waals surface area (Å²) in [4.78, 5) is 18.3. The number of amides is 1. The third kappa shape index (κ3) is 4.11. The van der Waals surface area contributed by atoms with Crippen LogP contribution < -0.4 is 10.2 Å². The summed E-state index contributed by atoms with van der Waals surface area (Å²) >= 11 is 5.95. The van der Waals surface area contributed by atoms with Gasteiger partial charge in [0.05, 0.1) is 34.5 Å². The monoisotopic (exact) mass is 617 g/mol. The van der Waals surface area contributed by atoms with Crippen molar-refractivity contribution in [3.63, 3.8) is 0 Å². The predicted octanol–water partition coefficient (Wildman–Crippen LogP) is 4.79. The van der Waals surface area contributed by atoms with Gasteiger partial charge >= 0.3 is 6.18 Å². The van der Waals surface area contributed by atoms with Crippen LogP contribution in [0.25, 0.3) is 5.65 Å². The summed E-state index contributed by atoms with van der Waals surface area (Å²) in [7, 11) is -3.36. The second-order valence-electron chi connectivity index (χ2n) is 11.3. The molecule has 0 unspecified atom stereocenters. The van der Waals surface area contributed by atoms with E-state index in [1.54, 1.807) is 0 Å². The van der Waals surface area contributed by atoms with Crippen molar-refractivity contribution < 1.29 is 35.2 Å². The summed E-state index contributed by atoms with van der Waals surface area (Å²) in [5.74, 6) is -6.16. The topological polar surface area (TPSA) is 96.7 Å². The fourth-order valence-electron chi connectivity index (χ4n) is 5.83. The van der Waals surface area contributed by atoms with E-state index in [0.717, 1.165) is 18.4 Å². The van der Waals surface area contributed by atoms with E-state index in [4.69, 9.17) is 11.6 Å². The minimum Gasteiger partial charge on any atom is -0.354 e. The Morgan fingerprint density at radius 3 is 2.44 bits per heavy atom. The minimum absolute atomic E-state index is 0.0137. The summed E-state index contributed by atoms with van der Waals surface area (Å²) in [6.45, 7) is 1.41. The molecule has 2 saturated carbocycles. The van der Waals surface area contributed by atoms with Crippen molar-refractivity contribution in [1.82, 2.24) is 19.9 Å². The number of nitrogens with zero attached hydrogens (tertiary/aromatic N) is 4. The van der Waals surface area contributed by atoms with Crippen LogP contribution in [0.15, 0.2) is 36.5 Å². The summed E-state index contributed by atoms with van der Waals surface area (Å²) in [5.41, 5.74) is -3.85. The molecule has 8 nitrogen and oxygen atoms in total. The van der Waals surface area contributed by atoms with Crippen LogP contribution >= 0.6 is 11.6 Å². The van der Waals surface area contributed by atoms with Gasteiger partial charge in [0.15, 0.2) is 20.6 Å². The maximum Gasteiger partial charge on any atom is 0.401 e. The Morgan fingerprint density at radius 1 is 1.17 bits per heavy atom. The van der Waals surface area contributed by atoms with Gasteiger partial charge in [0, 0.05) is 24.8 Å². The summed E-state index contributed by atoms with van der Waals surface area (Å²) in [5, 5.41) is 5.92. The van der Waals surface area contributed by atoms with Crippen molar-refractivity contribution in [2.75, 3.05) is 23.7 Å². The number of hydrogen-bond acceptors (Lipinski definition) is 6. The number of alkyl halides is 5. The third-order valence-corrected chi connectivity index (χ3v) is 11.1. The lowest BCUT2D eigenvalue weighted by Gasteiger charge is -2.28. The molecule has 0 bridgehead atoms. The highest BCUT2D eigenvalue weighted by atomic mass is 35.5. The Kier molecular flexibility index (Phi) is 6.01. The second kappa shape index (κ2) is 8.76. The highest BCUT2D eigenvalue weighted by Gasteiger charge is 2.82. The van der Waals surface area contributed by atoms with Gasteiger partial charge in [-0.25, -0.2) is 26.7 Å². The van der Waals surface area contributed by atoms with Crippen LogP contribution in [0, 0.1) is 5.41 Å². The fourth-order valence-corrected chi connectivity index (χ4v) is 7.58. The molecule has 220 valence electrons. The van der Waals surface area contributed by atoms with Crippen LogP contribution in [0.5, 0.6) is 0 Å². The van der Waals surface area contributed by atoms with Crippen molar-refractivity contribution in [3.8, 4) is 0 Å².